The van der Waals surface area contributed by atoms with Crippen molar-refractivity contribution in [1.29, 1.82) is 0 Å². The van der Waals surface area contributed by atoms with Crippen molar-refractivity contribution in [3.63, 3.8) is 0 Å². The quantitative estimate of drug-likeness (QED) is 0.0481. The zero-order valence-electron chi connectivity index (χ0n) is 34.1. The van der Waals surface area contributed by atoms with Crippen LogP contribution in [0.2, 0.25) is 0 Å². The Morgan fingerprint density at radius 2 is 0.850 bits per heavy atom. The molecule has 0 radical (unpaired) electrons. The molecule has 4 aromatic carbocycles. The SMILES string of the molecule is C=C(C)C(=O)OCC(COC(=O)C(=C)CC(C)(C)C(=O)OCC(COC(=O)C(=C)C)OC(=O)c1ccccc1-c1ccccc1)OC(=O)c1ccccc1-c1ccccc1. The summed E-state index contributed by atoms with van der Waals surface area (Å²) in [6.45, 7) is 14.9. The molecular formula is C48H48O12. The number of hydrogen-bond acceptors (Lipinski definition) is 12. The van der Waals surface area contributed by atoms with Gasteiger partial charge in [0.2, 0.25) is 0 Å². The van der Waals surface area contributed by atoms with Gasteiger partial charge in [0, 0.05) is 16.7 Å². The lowest BCUT2D eigenvalue weighted by Crippen LogP contribution is -2.35. The third-order valence-corrected chi connectivity index (χ3v) is 8.81. The van der Waals surface area contributed by atoms with Crippen molar-refractivity contribution < 1.29 is 57.2 Å². The van der Waals surface area contributed by atoms with Crippen LogP contribution in [0.25, 0.3) is 22.3 Å². The van der Waals surface area contributed by atoms with E-state index in [0.29, 0.717) is 11.1 Å². The second kappa shape index (κ2) is 21.6. The summed E-state index contributed by atoms with van der Waals surface area (Å²) >= 11 is 0. The fourth-order valence-electron chi connectivity index (χ4n) is 5.62. The van der Waals surface area contributed by atoms with Gasteiger partial charge in [-0.1, -0.05) is 117 Å². The largest absolute Gasteiger partial charge is 0.461 e. The summed E-state index contributed by atoms with van der Waals surface area (Å²) in [7, 11) is 0. The van der Waals surface area contributed by atoms with Gasteiger partial charge in [0.1, 0.15) is 26.4 Å². The standard InChI is InChI=1S/C48H48O12/c1-31(2)42(49)55-27-36(59-45(52)40-24-16-14-22-38(40)34-18-10-8-11-19-34)29-57-44(51)33(5)26-48(6,7)47(54)58-30-37(28-56-43(50)32(3)4)60-46(53)41-25-17-15-23-39(41)35-20-12-9-13-21-35/h8-25,36-37H,1,3,5,26-30H2,2,4,6-7H3. The van der Waals surface area contributed by atoms with Crippen molar-refractivity contribution in [3.8, 4) is 22.3 Å². The predicted octanol–water partition coefficient (Wildman–Crippen LogP) is 8.07. The first-order chi connectivity index (χ1) is 28.6. The number of benzene rings is 4. The average molecular weight is 817 g/mol. The molecule has 0 aliphatic rings. The Morgan fingerprint density at radius 3 is 1.25 bits per heavy atom. The normalized spacial score (nSPS) is 11.8. The Hall–Kier alpha value is -7.08. The molecule has 0 aliphatic heterocycles. The zero-order chi connectivity index (χ0) is 43.8. The molecule has 4 rings (SSSR count). The first-order valence-electron chi connectivity index (χ1n) is 19.0. The van der Waals surface area contributed by atoms with Crippen LogP contribution >= 0.6 is 0 Å². The van der Waals surface area contributed by atoms with Crippen LogP contribution in [0.1, 0.15) is 54.8 Å². The van der Waals surface area contributed by atoms with Gasteiger partial charge in [-0.3, -0.25) is 4.79 Å². The van der Waals surface area contributed by atoms with Crippen LogP contribution < -0.4 is 0 Å². The van der Waals surface area contributed by atoms with E-state index in [9.17, 15) is 28.8 Å². The van der Waals surface area contributed by atoms with E-state index in [1.165, 1.54) is 27.7 Å². The van der Waals surface area contributed by atoms with Crippen LogP contribution in [-0.4, -0.2) is 74.5 Å². The average Bonchev–Trinajstić information content (AvgIpc) is 3.25. The molecule has 0 aromatic heterocycles. The van der Waals surface area contributed by atoms with E-state index in [0.717, 1.165) is 11.1 Å². The fourth-order valence-corrected chi connectivity index (χ4v) is 5.62. The van der Waals surface area contributed by atoms with Crippen molar-refractivity contribution >= 4 is 35.8 Å². The van der Waals surface area contributed by atoms with E-state index in [4.69, 9.17) is 28.4 Å². The molecule has 12 nitrogen and oxygen atoms in total. The third kappa shape index (κ3) is 13.2. The zero-order valence-corrected chi connectivity index (χ0v) is 34.1. The summed E-state index contributed by atoms with van der Waals surface area (Å²) in [5, 5.41) is 0. The molecule has 312 valence electrons. The van der Waals surface area contributed by atoms with Gasteiger partial charge in [0.25, 0.3) is 0 Å². The molecule has 2 atom stereocenters. The van der Waals surface area contributed by atoms with E-state index < -0.39 is 79.9 Å². The number of carbonyl (C=O) groups excluding carboxylic acids is 6. The highest BCUT2D eigenvalue weighted by atomic mass is 16.6. The molecule has 0 heterocycles. The van der Waals surface area contributed by atoms with Crippen molar-refractivity contribution in [2.24, 2.45) is 5.41 Å². The topological polar surface area (TPSA) is 158 Å². The summed E-state index contributed by atoms with van der Waals surface area (Å²) in [4.78, 5) is 78.0. The van der Waals surface area contributed by atoms with Crippen LogP contribution in [-0.2, 0) is 47.6 Å². The first-order valence-corrected chi connectivity index (χ1v) is 19.0. The number of rotatable bonds is 20. The Morgan fingerprint density at radius 1 is 0.500 bits per heavy atom. The van der Waals surface area contributed by atoms with Crippen molar-refractivity contribution in [1.82, 2.24) is 0 Å². The summed E-state index contributed by atoms with van der Waals surface area (Å²) in [6, 6.07) is 32.0. The smallest absolute Gasteiger partial charge is 0.339 e. The monoisotopic (exact) mass is 816 g/mol. The van der Waals surface area contributed by atoms with Crippen molar-refractivity contribution in [2.45, 2.75) is 46.3 Å². The van der Waals surface area contributed by atoms with Gasteiger partial charge in [-0.25, -0.2) is 24.0 Å². The van der Waals surface area contributed by atoms with Crippen LogP contribution in [0.5, 0.6) is 0 Å². The maximum atomic E-state index is 13.5. The Labute approximate surface area is 349 Å². The first kappa shape index (κ1) is 45.6. The lowest BCUT2D eigenvalue weighted by atomic mass is 9.86. The minimum atomic E-state index is -1.36. The Kier molecular flexibility index (Phi) is 16.4. The van der Waals surface area contributed by atoms with Gasteiger partial charge in [-0.15, -0.1) is 0 Å². The maximum absolute atomic E-state index is 13.5. The van der Waals surface area contributed by atoms with E-state index in [1.54, 1.807) is 48.5 Å². The lowest BCUT2D eigenvalue weighted by molar-refractivity contribution is -0.159. The molecule has 0 saturated carbocycles. The van der Waals surface area contributed by atoms with E-state index >= 15 is 0 Å². The highest BCUT2D eigenvalue weighted by molar-refractivity contribution is 5.98. The van der Waals surface area contributed by atoms with Crippen LogP contribution in [0, 0.1) is 5.41 Å². The van der Waals surface area contributed by atoms with Gasteiger partial charge in [0.05, 0.1) is 16.5 Å². The molecule has 0 spiro atoms. The third-order valence-electron chi connectivity index (χ3n) is 8.81. The minimum absolute atomic E-state index is 0.111. The fraction of sp³-hybridized carbons (Fsp3) is 0.250. The Bertz CT molecular complexity index is 2220. The summed E-state index contributed by atoms with van der Waals surface area (Å²) in [5.41, 5.74) is 1.98. The van der Waals surface area contributed by atoms with Gasteiger partial charge in [-0.2, -0.15) is 0 Å². The van der Waals surface area contributed by atoms with Crippen LogP contribution in [0.3, 0.4) is 0 Å². The van der Waals surface area contributed by atoms with Gasteiger partial charge in [0.15, 0.2) is 12.2 Å². The van der Waals surface area contributed by atoms with Gasteiger partial charge in [-0.05, 0) is 68.5 Å². The molecule has 2 unspecified atom stereocenters. The van der Waals surface area contributed by atoms with Gasteiger partial charge < -0.3 is 28.4 Å². The van der Waals surface area contributed by atoms with Gasteiger partial charge >= 0.3 is 35.8 Å². The second-order valence-electron chi connectivity index (χ2n) is 14.5. The van der Waals surface area contributed by atoms with Crippen LogP contribution in [0.4, 0.5) is 0 Å². The van der Waals surface area contributed by atoms with E-state index in [2.05, 4.69) is 19.7 Å². The molecule has 0 amide bonds. The summed E-state index contributed by atoms with van der Waals surface area (Å²) in [5.74, 6) is -4.66. The van der Waals surface area contributed by atoms with E-state index in [-0.39, 0.29) is 34.3 Å². The molecule has 0 aliphatic carbocycles. The molecule has 12 heteroatoms. The maximum Gasteiger partial charge on any atom is 0.339 e. The number of esters is 6. The molecule has 0 bridgehead atoms. The summed E-state index contributed by atoms with van der Waals surface area (Å²) in [6.07, 6.45) is -2.67. The molecule has 0 saturated heterocycles. The van der Waals surface area contributed by atoms with Crippen LogP contribution in [0.15, 0.2) is 146 Å². The number of hydrogen-bond donors (Lipinski definition) is 0. The minimum Gasteiger partial charge on any atom is -0.461 e. The highest BCUT2D eigenvalue weighted by Crippen LogP contribution is 2.29. The van der Waals surface area contributed by atoms with Crippen molar-refractivity contribution in [3.05, 3.63) is 157 Å². The number of carbonyl (C=O) groups is 6. The Balaban J connectivity index is 1.40. The summed E-state index contributed by atoms with van der Waals surface area (Å²) < 4.78 is 32.9. The molecule has 60 heavy (non-hydrogen) atoms. The lowest BCUT2D eigenvalue weighted by Gasteiger charge is -2.25. The van der Waals surface area contributed by atoms with Crippen molar-refractivity contribution in [2.75, 3.05) is 26.4 Å². The van der Waals surface area contributed by atoms with E-state index in [1.807, 2.05) is 60.7 Å². The molecule has 4 aromatic rings. The number of ether oxygens (including phenoxy) is 6. The predicted molar refractivity (Wildman–Crippen MR) is 223 cm³/mol. The molecule has 0 fully saturated rings. The molecular weight excluding hydrogens is 769 g/mol. The second-order valence-corrected chi connectivity index (χ2v) is 14.5. The molecule has 0 N–H and O–H groups in total. The highest BCUT2D eigenvalue weighted by Gasteiger charge is 2.34.